The number of carbonyl (C=O) groups excluding carboxylic acids is 1. The molecule has 0 saturated heterocycles. The molecule has 0 saturated carbocycles. The first-order valence-electron chi connectivity index (χ1n) is 2.73. The van der Waals surface area contributed by atoms with Crippen LogP contribution in [0.4, 0.5) is 11.6 Å². The molecule has 1 aromatic rings. The summed E-state index contributed by atoms with van der Waals surface area (Å²) in [4.78, 5) is 9.89. The molecule has 0 spiro atoms. The summed E-state index contributed by atoms with van der Waals surface area (Å²) in [5.74, 6) is 0.986. The maximum atomic E-state index is 9.89. The van der Waals surface area contributed by atoms with Crippen molar-refractivity contribution >= 4 is 18.0 Å². The van der Waals surface area contributed by atoms with Crippen molar-refractivity contribution in [1.29, 1.82) is 0 Å². The van der Waals surface area contributed by atoms with E-state index in [4.69, 9.17) is 5.73 Å². The normalized spacial score (nSPS) is 9.30. The minimum atomic E-state index is 0.468. The minimum Gasteiger partial charge on any atom is -0.384 e. The Balaban J connectivity index is 2.86. The fourth-order valence-electron chi connectivity index (χ4n) is 0.613. The van der Waals surface area contributed by atoms with Gasteiger partial charge in [-0.05, 0) is 0 Å². The third-order valence-corrected chi connectivity index (χ3v) is 1.12. The van der Waals surface area contributed by atoms with Crippen LogP contribution in [-0.4, -0.2) is 16.2 Å². The number of nitrogens with zero attached hydrogens (tertiary/aromatic N) is 2. The number of nitrogen functional groups attached to an aromatic ring is 1. The van der Waals surface area contributed by atoms with Gasteiger partial charge in [-0.1, -0.05) is 0 Å². The lowest BCUT2D eigenvalue weighted by Crippen LogP contribution is -1.98. The van der Waals surface area contributed by atoms with Gasteiger partial charge in [0.1, 0.15) is 5.82 Å². The Morgan fingerprint density at radius 2 is 2.60 bits per heavy atom. The molecule has 1 amide bonds. The Labute approximate surface area is 57.8 Å². The van der Waals surface area contributed by atoms with Crippen LogP contribution in [0.1, 0.15) is 0 Å². The first kappa shape index (κ1) is 6.60. The molecule has 1 rings (SSSR count). The lowest BCUT2D eigenvalue weighted by molar-refractivity contribution is -0.105. The van der Waals surface area contributed by atoms with Gasteiger partial charge < -0.3 is 11.1 Å². The molecule has 5 heteroatoms. The number of anilines is 2. The molecular weight excluding hydrogens is 132 g/mol. The highest BCUT2D eigenvalue weighted by atomic mass is 16.1. The second kappa shape index (κ2) is 2.38. The van der Waals surface area contributed by atoms with Gasteiger partial charge in [-0.15, -0.1) is 0 Å². The van der Waals surface area contributed by atoms with Crippen molar-refractivity contribution in [2.45, 2.75) is 0 Å². The first-order chi connectivity index (χ1) is 4.74. The van der Waals surface area contributed by atoms with Gasteiger partial charge in [-0.25, -0.2) is 0 Å². The summed E-state index contributed by atoms with van der Waals surface area (Å²) < 4.78 is 1.48. The van der Waals surface area contributed by atoms with Crippen LogP contribution in [0.25, 0.3) is 0 Å². The van der Waals surface area contributed by atoms with Crippen molar-refractivity contribution in [2.24, 2.45) is 7.05 Å². The number of amides is 1. The number of nitrogens with two attached hydrogens (primary N) is 1. The Morgan fingerprint density at radius 3 is 3.00 bits per heavy atom. The summed E-state index contributed by atoms with van der Waals surface area (Å²) in [7, 11) is 1.70. The first-order valence-corrected chi connectivity index (χ1v) is 2.73. The molecule has 0 unspecified atom stereocenters. The zero-order chi connectivity index (χ0) is 7.56. The average molecular weight is 140 g/mol. The van der Waals surface area contributed by atoms with Gasteiger partial charge in [0.25, 0.3) is 0 Å². The van der Waals surface area contributed by atoms with Gasteiger partial charge in [0, 0.05) is 13.1 Å². The summed E-state index contributed by atoms with van der Waals surface area (Å²) in [6.07, 6.45) is 0.557. The van der Waals surface area contributed by atoms with Gasteiger partial charge in [0.15, 0.2) is 5.82 Å². The Morgan fingerprint density at radius 1 is 1.90 bits per heavy atom. The smallest absolute Gasteiger partial charge is 0.212 e. The SMILES string of the molecule is Cn1nc(NC=O)cc1N. The molecule has 5 nitrogen and oxygen atoms in total. The monoisotopic (exact) mass is 140 g/mol. The second-order valence-electron chi connectivity index (χ2n) is 1.84. The summed E-state index contributed by atoms with van der Waals surface area (Å²) in [5, 5.41) is 6.23. The van der Waals surface area contributed by atoms with Crippen molar-refractivity contribution < 1.29 is 4.79 Å². The lowest BCUT2D eigenvalue weighted by Gasteiger charge is -1.88. The molecule has 0 radical (unpaired) electrons. The van der Waals surface area contributed by atoms with Gasteiger partial charge in [0.2, 0.25) is 6.41 Å². The Bertz CT molecular complexity index is 222. The van der Waals surface area contributed by atoms with Gasteiger partial charge in [-0.2, -0.15) is 5.10 Å². The number of nitrogens with one attached hydrogen (secondary N) is 1. The van der Waals surface area contributed by atoms with Crippen molar-refractivity contribution in [1.82, 2.24) is 9.78 Å². The average Bonchev–Trinajstić information content (AvgIpc) is 2.14. The summed E-state index contributed by atoms with van der Waals surface area (Å²) in [5.41, 5.74) is 5.42. The standard InChI is InChI=1S/C5H8N4O/c1-9-4(6)2-5(8-9)7-3-10/h2-3H,6H2,1H3,(H,7,8,10). The van der Waals surface area contributed by atoms with Crippen LogP contribution in [0.15, 0.2) is 6.07 Å². The van der Waals surface area contributed by atoms with E-state index in [9.17, 15) is 4.79 Å². The van der Waals surface area contributed by atoms with Crippen molar-refractivity contribution in [3.8, 4) is 0 Å². The van der Waals surface area contributed by atoms with Gasteiger partial charge in [-0.3, -0.25) is 9.48 Å². The molecule has 0 aliphatic heterocycles. The zero-order valence-electron chi connectivity index (χ0n) is 5.53. The van der Waals surface area contributed by atoms with E-state index in [0.717, 1.165) is 0 Å². The van der Waals surface area contributed by atoms with E-state index in [1.807, 2.05) is 0 Å². The van der Waals surface area contributed by atoms with E-state index in [2.05, 4.69) is 10.4 Å². The predicted octanol–water partition coefficient (Wildman–Crippen LogP) is -0.429. The van der Waals surface area contributed by atoms with E-state index >= 15 is 0 Å². The number of hydrogen-bond acceptors (Lipinski definition) is 3. The number of hydrogen-bond donors (Lipinski definition) is 2. The van der Waals surface area contributed by atoms with Crippen molar-refractivity contribution in [2.75, 3.05) is 11.1 Å². The van der Waals surface area contributed by atoms with Crippen LogP contribution in [0, 0.1) is 0 Å². The molecular formula is C5H8N4O. The van der Waals surface area contributed by atoms with Crippen LogP contribution in [0.3, 0.4) is 0 Å². The van der Waals surface area contributed by atoms with Crippen LogP contribution in [0.5, 0.6) is 0 Å². The highest BCUT2D eigenvalue weighted by molar-refractivity contribution is 5.69. The van der Waals surface area contributed by atoms with E-state index in [1.165, 1.54) is 4.68 Å². The minimum absolute atomic E-state index is 0.468. The quantitative estimate of drug-likeness (QED) is 0.547. The maximum Gasteiger partial charge on any atom is 0.212 e. The summed E-state index contributed by atoms with van der Waals surface area (Å²) in [6.45, 7) is 0. The highest BCUT2D eigenvalue weighted by Gasteiger charge is 1.97. The van der Waals surface area contributed by atoms with Crippen LogP contribution >= 0.6 is 0 Å². The second-order valence-corrected chi connectivity index (χ2v) is 1.84. The van der Waals surface area contributed by atoms with E-state index in [-0.39, 0.29) is 0 Å². The highest BCUT2D eigenvalue weighted by Crippen LogP contribution is 2.07. The molecule has 1 aromatic heterocycles. The van der Waals surface area contributed by atoms with Crippen LogP contribution in [0.2, 0.25) is 0 Å². The van der Waals surface area contributed by atoms with E-state index in [0.29, 0.717) is 18.0 Å². The summed E-state index contributed by atoms with van der Waals surface area (Å²) in [6, 6.07) is 1.58. The molecule has 0 aromatic carbocycles. The zero-order valence-corrected chi connectivity index (χ0v) is 5.53. The topological polar surface area (TPSA) is 72.9 Å². The molecule has 0 bridgehead atoms. The third-order valence-electron chi connectivity index (χ3n) is 1.12. The van der Waals surface area contributed by atoms with Crippen molar-refractivity contribution in [3.63, 3.8) is 0 Å². The van der Waals surface area contributed by atoms with E-state index in [1.54, 1.807) is 13.1 Å². The molecule has 0 fully saturated rings. The number of aromatic nitrogens is 2. The van der Waals surface area contributed by atoms with Crippen molar-refractivity contribution in [3.05, 3.63) is 6.07 Å². The molecule has 10 heavy (non-hydrogen) atoms. The molecule has 3 N–H and O–H groups in total. The lowest BCUT2D eigenvalue weighted by atomic mass is 10.6. The third kappa shape index (κ3) is 1.07. The molecule has 1 heterocycles. The molecule has 54 valence electrons. The fourth-order valence-corrected chi connectivity index (χ4v) is 0.613. The van der Waals surface area contributed by atoms with Gasteiger partial charge >= 0.3 is 0 Å². The number of aryl methyl sites for hydroxylation is 1. The Kier molecular flexibility index (Phi) is 1.57. The molecule has 0 aliphatic rings. The van der Waals surface area contributed by atoms with Gasteiger partial charge in [0.05, 0.1) is 0 Å². The largest absolute Gasteiger partial charge is 0.384 e. The van der Waals surface area contributed by atoms with Crippen LogP contribution < -0.4 is 11.1 Å². The number of carbonyl (C=O) groups is 1. The molecule has 0 atom stereocenters. The van der Waals surface area contributed by atoms with Crippen LogP contribution in [-0.2, 0) is 11.8 Å². The maximum absolute atomic E-state index is 9.89. The predicted molar refractivity (Wildman–Crippen MR) is 37.3 cm³/mol. The molecule has 0 aliphatic carbocycles. The number of rotatable bonds is 2. The summed E-state index contributed by atoms with van der Waals surface area (Å²) >= 11 is 0. The fraction of sp³-hybridized carbons (Fsp3) is 0.200. The Hall–Kier alpha value is -1.52. The van der Waals surface area contributed by atoms with E-state index < -0.39 is 0 Å².